The van der Waals surface area contributed by atoms with Crippen molar-refractivity contribution in [3.63, 3.8) is 0 Å². The summed E-state index contributed by atoms with van der Waals surface area (Å²) in [5.74, 6) is -1.08. The zero-order chi connectivity index (χ0) is 21.8. The molecule has 0 radical (unpaired) electrons. The summed E-state index contributed by atoms with van der Waals surface area (Å²) in [6.45, 7) is 4.53. The van der Waals surface area contributed by atoms with Gasteiger partial charge in [-0.2, -0.15) is 0 Å². The fourth-order valence-electron chi connectivity index (χ4n) is 3.68. The Labute approximate surface area is 184 Å². The monoisotopic (exact) mass is 443 g/mol. The maximum Gasteiger partial charge on any atom is 0.281 e. The zero-order valence-electron chi connectivity index (χ0n) is 17.3. The van der Waals surface area contributed by atoms with Gasteiger partial charge in [-0.3, -0.25) is 25.2 Å². The van der Waals surface area contributed by atoms with E-state index in [4.69, 9.17) is 4.74 Å². The summed E-state index contributed by atoms with van der Waals surface area (Å²) in [5.41, 5.74) is 7.42. The Kier molecular flexibility index (Phi) is 6.47. The van der Waals surface area contributed by atoms with E-state index in [1.807, 2.05) is 24.3 Å². The van der Waals surface area contributed by atoms with Crippen molar-refractivity contribution in [3.05, 3.63) is 40.4 Å². The first-order valence-corrected chi connectivity index (χ1v) is 11.1. The predicted octanol–water partition coefficient (Wildman–Crippen LogP) is 1.64. The van der Waals surface area contributed by atoms with Crippen molar-refractivity contribution in [3.8, 4) is 0 Å². The first kappa shape index (κ1) is 21.3. The van der Waals surface area contributed by atoms with Crippen molar-refractivity contribution < 1.29 is 19.1 Å². The molecule has 2 aliphatic heterocycles. The van der Waals surface area contributed by atoms with Crippen LogP contribution < -0.4 is 21.1 Å². The quantitative estimate of drug-likeness (QED) is 0.606. The first-order chi connectivity index (χ1) is 15.0. The third kappa shape index (κ3) is 5.02. The van der Waals surface area contributed by atoms with E-state index in [2.05, 4.69) is 26.1 Å². The van der Waals surface area contributed by atoms with Gasteiger partial charge in [-0.1, -0.05) is 29.5 Å². The number of fused-ring (bicyclic) bond motifs is 1. The van der Waals surface area contributed by atoms with Crippen molar-refractivity contribution in [1.29, 1.82) is 0 Å². The number of hydrogen-bond donors (Lipinski definition) is 3. The van der Waals surface area contributed by atoms with Gasteiger partial charge in [0, 0.05) is 31.1 Å². The van der Waals surface area contributed by atoms with Gasteiger partial charge in [0.2, 0.25) is 11.8 Å². The highest BCUT2D eigenvalue weighted by Crippen LogP contribution is 2.28. The van der Waals surface area contributed by atoms with Gasteiger partial charge in [0.15, 0.2) is 5.13 Å². The standard InChI is InChI=1S/C21H25N5O4S/c1-13-18(31-21(22-13)26-8-10-30-11-9-26)20(29)25-24-17(27)7-6-15-12-14-4-2-3-5-16(14)23-19(15)28/h2-5,15H,6-12H2,1H3,(H,23,28)(H,24,27)(H,25,29). The van der Waals surface area contributed by atoms with E-state index in [0.29, 0.717) is 36.6 Å². The summed E-state index contributed by atoms with van der Waals surface area (Å²) in [6.07, 6.45) is 1.15. The van der Waals surface area contributed by atoms with Crippen LogP contribution in [0.15, 0.2) is 24.3 Å². The van der Waals surface area contributed by atoms with E-state index in [1.54, 1.807) is 6.92 Å². The van der Waals surface area contributed by atoms with E-state index in [-0.39, 0.29) is 24.2 Å². The van der Waals surface area contributed by atoms with Crippen molar-refractivity contribution >= 4 is 39.9 Å². The fraction of sp³-hybridized carbons (Fsp3) is 0.429. The molecule has 1 aromatic heterocycles. The van der Waals surface area contributed by atoms with Crippen molar-refractivity contribution in [2.45, 2.75) is 26.2 Å². The molecule has 1 saturated heterocycles. The lowest BCUT2D eigenvalue weighted by molar-refractivity contribution is -0.123. The molecule has 1 aromatic carbocycles. The second kappa shape index (κ2) is 9.44. The number of hydrogen-bond acceptors (Lipinski definition) is 7. The number of carbonyl (C=O) groups excluding carboxylic acids is 3. The molecule has 2 aromatic rings. The number of rotatable bonds is 5. The van der Waals surface area contributed by atoms with Crippen molar-refractivity contribution in [1.82, 2.24) is 15.8 Å². The van der Waals surface area contributed by atoms with Crippen LogP contribution >= 0.6 is 11.3 Å². The van der Waals surface area contributed by atoms with E-state index in [9.17, 15) is 14.4 Å². The first-order valence-electron chi connectivity index (χ1n) is 10.3. The van der Waals surface area contributed by atoms with Gasteiger partial charge in [0.25, 0.3) is 5.91 Å². The minimum Gasteiger partial charge on any atom is -0.378 e. The second-order valence-corrected chi connectivity index (χ2v) is 8.58. The van der Waals surface area contributed by atoms with Crippen LogP contribution in [0.25, 0.3) is 0 Å². The molecule has 3 heterocycles. The number of ether oxygens (including phenoxy) is 1. The lowest BCUT2D eigenvalue weighted by Crippen LogP contribution is -2.42. The van der Waals surface area contributed by atoms with Crippen LogP contribution in [0.5, 0.6) is 0 Å². The average molecular weight is 444 g/mol. The van der Waals surface area contributed by atoms with Crippen LogP contribution in [-0.2, 0) is 20.7 Å². The third-order valence-electron chi connectivity index (χ3n) is 5.42. The maximum absolute atomic E-state index is 12.5. The zero-order valence-corrected chi connectivity index (χ0v) is 18.1. The molecular formula is C21H25N5O4S. The molecule has 0 aliphatic carbocycles. The van der Waals surface area contributed by atoms with E-state index >= 15 is 0 Å². The number of amides is 3. The number of benzene rings is 1. The number of aromatic nitrogens is 1. The molecule has 3 amide bonds. The number of para-hydroxylation sites is 1. The molecule has 10 heteroatoms. The van der Waals surface area contributed by atoms with E-state index in [1.165, 1.54) is 11.3 Å². The summed E-state index contributed by atoms with van der Waals surface area (Å²) in [7, 11) is 0. The molecule has 0 spiro atoms. The lowest BCUT2D eigenvalue weighted by atomic mass is 9.89. The highest BCUT2D eigenvalue weighted by Gasteiger charge is 2.26. The van der Waals surface area contributed by atoms with Crippen LogP contribution in [0.4, 0.5) is 10.8 Å². The van der Waals surface area contributed by atoms with E-state index < -0.39 is 5.91 Å². The van der Waals surface area contributed by atoms with Crippen LogP contribution in [0.1, 0.15) is 33.8 Å². The van der Waals surface area contributed by atoms with Gasteiger partial charge in [-0.15, -0.1) is 0 Å². The van der Waals surface area contributed by atoms with Gasteiger partial charge in [0.1, 0.15) is 4.88 Å². The Morgan fingerprint density at radius 2 is 2.03 bits per heavy atom. The van der Waals surface area contributed by atoms with Gasteiger partial charge in [0.05, 0.1) is 18.9 Å². The molecule has 4 rings (SSSR count). The van der Waals surface area contributed by atoms with Gasteiger partial charge in [-0.05, 0) is 31.4 Å². The Hall–Kier alpha value is -2.98. The number of aryl methyl sites for hydroxylation is 1. The third-order valence-corrected chi connectivity index (χ3v) is 6.64. The Morgan fingerprint density at radius 1 is 1.26 bits per heavy atom. The molecule has 1 atom stereocenters. The predicted molar refractivity (Wildman–Crippen MR) is 117 cm³/mol. The average Bonchev–Trinajstić information content (AvgIpc) is 3.18. The number of nitrogens with one attached hydrogen (secondary N) is 3. The molecular weight excluding hydrogens is 418 g/mol. The molecule has 1 fully saturated rings. The minimum absolute atomic E-state index is 0.0773. The largest absolute Gasteiger partial charge is 0.378 e. The molecule has 9 nitrogen and oxygen atoms in total. The number of anilines is 2. The molecule has 1 unspecified atom stereocenters. The Bertz CT molecular complexity index is 986. The molecule has 0 saturated carbocycles. The highest BCUT2D eigenvalue weighted by atomic mass is 32.1. The number of carbonyl (C=O) groups is 3. The summed E-state index contributed by atoms with van der Waals surface area (Å²) < 4.78 is 5.34. The number of hydrazine groups is 1. The SMILES string of the molecule is Cc1nc(N2CCOCC2)sc1C(=O)NNC(=O)CCC1Cc2ccccc2NC1=O. The second-order valence-electron chi connectivity index (χ2n) is 7.60. The van der Waals surface area contributed by atoms with E-state index in [0.717, 1.165) is 29.5 Å². The molecule has 0 bridgehead atoms. The highest BCUT2D eigenvalue weighted by molar-refractivity contribution is 7.17. The maximum atomic E-state index is 12.5. The summed E-state index contributed by atoms with van der Waals surface area (Å²) >= 11 is 1.30. The molecule has 164 valence electrons. The number of morpholine rings is 1. The molecule has 2 aliphatic rings. The van der Waals surface area contributed by atoms with Crippen LogP contribution in [0.2, 0.25) is 0 Å². The fourth-order valence-corrected chi connectivity index (χ4v) is 4.69. The van der Waals surface area contributed by atoms with Crippen LogP contribution in [0, 0.1) is 12.8 Å². The lowest BCUT2D eigenvalue weighted by Gasteiger charge is -2.25. The summed E-state index contributed by atoms with van der Waals surface area (Å²) in [5, 5.41) is 3.66. The Balaban J connectivity index is 1.26. The number of thiazole rings is 1. The summed E-state index contributed by atoms with van der Waals surface area (Å²) in [6, 6.07) is 7.66. The van der Waals surface area contributed by atoms with Gasteiger partial charge < -0.3 is 15.0 Å². The smallest absolute Gasteiger partial charge is 0.281 e. The normalized spacial score (nSPS) is 18.2. The Morgan fingerprint density at radius 3 is 2.84 bits per heavy atom. The molecule has 3 N–H and O–H groups in total. The van der Waals surface area contributed by atoms with Crippen molar-refractivity contribution in [2.24, 2.45) is 5.92 Å². The van der Waals surface area contributed by atoms with Crippen LogP contribution in [0.3, 0.4) is 0 Å². The van der Waals surface area contributed by atoms with Gasteiger partial charge in [-0.25, -0.2) is 4.98 Å². The van der Waals surface area contributed by atoms with Crippen molar-refractivity contribution in [2.75, 3.05) is 36.5 Å². The van der Waals surface area contributed by atoms with Crippen LogP contribution in [-0.4, -0.2) is 49.0 Å². The minimum atomic E-state index is -0.396. The summed E-state index contributed by atoms with van der Waals surface area (Å²) in [4.78, 5) is 44.0. The molecule has 31 heavy (non-hydrogen) atoms. The topological polar surface area (TPSA) is 113 Å². The number of nitrogens with zero attached hydrogens (tertiary/aromatic N) is 2. The van der Waals surface area contributed by atoms with Gasteiger partial charge >= 0.3 is 0 Å².